The Morgan fingerprint density at radius 2 is 1.66 bits per heavy atom. The molecule has 0 N–H and O–H groups in total. The molecule has 5 rings (SSSR count). The molecule has 1 aliphatic heterocycles. The third-order valence-corrected chi connectivity index (χ3v) is 6.13. The van der Waals surface area contributed by atoms with E-state index in [4.69, 9.17) is 20.8 Å². The molecule has 1 unspecified atom stereocenters. The van der Waals surface area contributed by atoms with Crippen molar-refractivity contribution in [3.8, 4) is 5.75 Å². The first-order chi connectivity index (χ1) is 15.4. The number of fused-ring (bicyclic) bond motifs is 2. The van der Waals surface area contributed by atoms with Crippen LogP contribution in [0.1, 0.15) is 38.9 Å². The van der Waals surface area contributed by atoms with Gasteiger partial charge in [-0.2, -0.15) is 0 Å². The molecule has 0 fully saturated rings. The number of amides is 1. The van der Waals surface area contributed by atoms with Crippen molar-refractivity contribution >= 4 is 34.2 Å². The lowest BCUT2D eigenvalue weighted by atomic mass is 9.97. The summed E-state index contributed by atoms with van der Waals surface area (Å²) in [7, 11) is 1.53. The fourth-order valence-corrected chi connectivity index (χ4v) is 4.47. The molecule has 0 saturated carbocycles. The van der Waals surface area contributed by atoms with Crippen molar-refractivity contribution in [1.29, 1.82) is 0 Å². The summed E-state index contributed by atoms with van der Waals surface area (Å²) in [5.74, 6) is 0.178. The van der Waals surface area contributed by atoms with Gasteiger partial charge in [0.2, 0.25) is 5.76 Å². The van der Waals surface area contributed by atoms with Gasteiger partial charge in [-0.15, -0.1) is 0 Å². The molecule has 32 heavy (non-hydrogen) atoms. The maximum atomic E-state index is 13.6. The number of benzene rings is 3. The Bertz CT molecular complexity index is 1440. The number of halogens is 1. The molecule has 6 heteroatoms. The topological polar surface area (TPSA) is 59.8 Å². The summed E-state index contributed by atoms with van der Waals surface area (Å²) in [5, 5.41) is 0.833. The van der Waals surface area contributed by atoms with Crippen molar-refractivity contribution in [2.45, 2.75) is 19.9 Å². The summed E-state index contributed by atoms with van der Waals surface area (Å²) in [6.07, 6.45) is 0. The second kappa shape index (κ2) is 7.53. The second-order valence-corrected chi connectivity index (χ2v) is 8.39. The van der Waals surface area contributed by atoms with E-state index in [0.29, 0.717) is 33.0 Å². The number of carbonyl (C=O) groups is 1. The lowest BCUT2D eigenvalue weighted by Gasteiger charge is -2.25. The van der Waals surface area contributed by atoms with Crippen LogP contribution in [0.15, 0.2) is 69.9 Å². The van der Waals surface area contributed by atoms with Gasteiger partial charge in [0, 0.05) is 5.69 Å². The number of hydrogen-bond donors (Lipinski definition) is 0. The van der Waals surface area contributed by atoms with Crippen LogP contribution in [0.4, 0.5) is 5.69 Å². The van der Waals surface area contributed by atoms with E-state index in [1.165, 1.54) is 7.11 Å². The highest BCUT2D eigenvalue weighted by atomic mass is 35.5. The van der Waals surface area contributed by atoms with Crippen LogP contribution in [0.2, 0.25) is 5.02 Å². The fraction of sp³-hybridized carbons (Fsp3) is 0.154. The van der Waals surface area contributed by atoms with Gasteiger partial charge in [0.1, 0.15) is 11.3 Å². The Kier molecular flexibility index (Phi) is 4.79. The van der Waals surface area contributed by atoms with Crippen LogP contribution in [0.25, 0.3) is 11.0 Å². The van der Waals surface area contributed by atoms with Gasteiger partial charge >= 0.3 is 0 Å². The van der Waals surface area contributed by atoms with Gasteiger partial charge in [0.15, 0.2) is 5.43 Å². The normalized spacial score (nSPS) is 15.3. The predicted octanol–water partition coefficient (Wildman–Crippen LogP) is 5.82. The zero-order valence-electron chi connectivity index (χ0n) is 17.8. The van der Waals surface area contributed by atoms with E-state index in [1.807, 2.05) is 44.2 Å². The van der Waals surface area contributed by atoms with Crippen LogP contribution in [-0.4, -0.2) is 13.0 Å². The largest absolute Gasteiger partial charge is 0.495 e. The van der Waals surface area contributed by atoms with Gasteiger partial charge in [-0.3, -0.25) is 14.5 Å². The number of rotatable bonds is 3. The molecule has 3 aromatic carbocycles. The van der Waals surface area contributed by atoms with E-state index in [0.717, 1.165) is 16.7 Å². The van der Waals surface area contributed by atoms with Gasteiger partial charge in [-0.1, -0.05) is 53.1 Å². The molecular weight excluding hydrogens is 426 g/mol. The van der Waals surface area contributed by atoms with E-state index in [1.54, 1.807) is 35.2 Å². The van der Waals surface area contributed by atoms with Crippen molar-refractivity contribution in [3.05, 3.63) is 104 Å². The average Bonchev–Trinajstić information content (AvgIpc) is 3.07. The summed E-state index contributed by atoms with van der Waals surface area (Å²) in [5.41, 5.74) is 3.92. The smallest absolute Gasteiger partial charge is 0.295 e. The summed E-state index contributed by atoms with van der Waals surface area (Å²) in [4.78, 5) is 28.8. The first-order valence-corrected chi connectivity index (χ1v) is 10.6. The average molecular weight is 446 g/mol. The number of aryl methyl sites for hydroxylation is 2. The van der Waals surface area contributed by atoms with Crippen molar-refractivity contribution in [1.82, 2.24) is 0 Å². The molecule has 0 bridgehead atoms. The van der Waals surface area contributed by atoms with Gasteiger partial charge in [-0.05, 0) is 49.7 Å². The maximum Gasteiger partial charge on any atom is 0.295 e. The highest BCUT2D eigenvalue weighted by Gasteiger charge is 2.43. The summed E-state index contributed by atoms with van der Waals surface area (Å²) in [6, 6.07) is 17.7. The van der Waals surface area contributed by atoms with Crippen molar-refractivity contribution < 1.29 is 13.9 Å². The molecule has 0 saturated heterocycles. The predicted molar refractivity (Wildman–Crippen MR) is 125 cm³/mol. The quantitative estimate of drug-likeness (QED) is 0.398. The SMILES string of the molecule is COc1ccc(N2C(=O)c3oc4ccc(C)cc4c(=O)c3C2c2ccc(C)cc2)cc1Cl. The number of methoxy groups -OCH3 is 1. The molecule has 2 heterocycles. The highest BCUT2D eigenvalue weighted by Crippen LogP contribution is 2.42. The number of nitrogens with zero attached hydrogens (tertiary/aromatic N) is 1. The first kappa shape index (κ1) is 20.3. The monoisotopic (exact) mass is 445 g/mol. The molecular formula is C26H20ClNO4. The fourth-order valence-electron chi connectivity index (χ4n) is 4.22. The Balaban J connectivity index is 1.80. The second-order valence-electron chi connectivity index (χ2n) is 7.98. The van der Waals surface area contributed by atoms with Crippen molar-refractivity contribution in [2.75, 3.05) is 12.0 Å². The summed E-state index contributed by atoms with van der Waals surface area (Å²) < 4.78 is 11.3. The standard InChI is InChI=1S/C26H20ClNO4/c1-14-4-7-16(8-5-14)23-22-24(29)18-12-15(2)6-10-20(18)32-25(22)26(30)28(23)17-9-11-21(31-3)19(27)13-17/h4-13,23H,1-3H3. The lowest BCUT2D eigenvalue weighted by molar-refractivity contribution is 0.0971. The lowest BCUT2D eigenvalue weighted by Crippen LogP contribution is -2.29. The molecule has 1 aromatic heterocycles. The van der Waals surface area contributed by atoms with Crippen LogP contribution in [0, 0.1) is 13.8 Å². The molecule has 5 nitrogen and oxygen atoms in total. The Morgan fingerprint density at radius 1 is 0.938 bits per heavy atom. The van der Waals surface area contributed by atoms with E-state index in [-0.39, 0.29) is 17.1 Å². The number of carbonyl (C=O) groups excluding carboxylic acids is 1. The Labute approximate surface area is 189 Å². The Hall–Kier alpha value is -3.57. The molecule has 1 atom stereocenters. The van der Waals surface area contributed by atoms with Gasteiger partial charge in [-0.25, -0.2) is 0 Å². The maximum absolute atomic E-state index is 13.6. The molecule has 0 spiro atoms. The number of hydrogen-bond acceptors (Lipinski definition) is 4. The molecule has 1 amide bonds. The van der Waals surface area contributed by atoms with E-state index in [9.17, 15) is 9.59 Å². The highest BCUT2D eigenvalue weighted by molar-refractivity contribution is 6.32. The van der Waals surface area contributed by atoms with Gasteiger partial charge in [0.05, 0.1) is 29.1 Å². The zero-order valence-corrected chi connectivity index (χ0v) is 18.6. The van der Waals surface area contributed by atoms with Crippen LogP contribution >= 0.6 is 11.6 Å². The van der Waals surface area contributed by atoms with E-state index < -0.39 is 6.04 Å². The summed E-state index contributed by atoms with van der Waals surface area (Å²) in [6.45, 7) is 3.91. The van der Waals surface area contributed by atoms with Crippen LogP contribution in [0.3, 0.4) is 0 Å². The van der Waals surface area contributed by atoms with E-state index >= 15 is 0 Å². The molecule has 4 aromatic rings. The minimum atomic E-state index is -0.635. The summed E-state index contributed by atoms with van der Waals surface area (Å²) >= 11 is 6.37. The first-order valence-electron chi connectivity index (χ1n) is 10.2. The molecule has 0 radical (unpaired) electrons. The van der Waals surface area contributed by atoms with Crippen molar-refractivity contribution in [3.63, 3.8) is 0 Å². The Morgan fingerprint density at radius 3 is 2.34 bits per heavy atom. The number of anilines is 1. The van der Waals surface area contributed by atoms with Gasteiger partial charge in [0.25, 0.3) is 5.91 Å². The van der Waals surface area contributed by atoms with Crippen molar-refractivity contribution in [2.24, 2.45) is 0 Å². The van der Waals surface area contributed by atoms with Gasteiger partial charge < -0.3 is 9.15 Å². The third-order valence-electron chi connectivity index (χ3n) is 5.83. The van der Waals surface area contributed by atoms with Crippen LogP contribution in [-0.2, 0) is 0 Å². The van der Waals surface area contributed by atoms with Crippen LogP contribution in [0.5, 0.6) is 5.75 Å². The third kappa shape index (κ3) is 3.09. The molecule has 0 aliphatic carbocycles. The minimum Gasteiger partial charge on any atom is -0.495 e. The molecule has 1 aliphatic rings. The zero-order chi connectivity index (χ0) is 22.6. The van der Waals surface area contributed by atoms with Crippen LogP contribution < -0.4 is 15.1 Å². The number of ether oxygens (including phenoxy) is 1. The minimum absolute atomic E-state index is 0.0591. The molecule has 160 valence electrons. The van der Waals surface area contributed by atoms with E-state index in [2.05, 4.69) is 0 Å².